The Morgan fingerprint density at radius 2 is 2.00 bits per heavy atom. The van der Waals surface area contributed by atoms with Gasteiger partial charge in [0.25, 0.3) is 11.5 Å². The molecule has 1 aliphatic carbocycles. The molecule has 5 rings (SSSR count). The highest BCUT2D eigenvalue weighted by Crippen LogP contribution is 2.38. The average molecular weight is 541 g/mol. The molecule has 1 saturated carbocycles. The fourth-order valence-electron chi connectivity index (χ4n) is 5.55. The predicted octanol–water partition coefficient (Wildman–Crippen LogP) is 4.32. The van der Waals surface area contributed by atoms with E-state index in [0.29, 0.717) is 46.0 Å². The normalized spacial score (nSPS) is 22.3. The number of piperidine rings is 1. The molecular weight excluding hydrogens is 508 g/mol. The number of aryl methyl sites for hydroxylation is 1. The second-order valence-electron chi connectivity index (χ2n) is 9.92. The molecule has 0 spiro atoms. The van der Waals surface area contributed by atoms with Crippen LogP contribution in [0, 0.1) is 12.8 Å². The van der Waals surface area contributed by atoms with E-state index in [0.717, 1.165) is 44.1 Å². The Labute approximate surface area is 226 Å². The second kappa shape index (κ2) is 10.9. The number of thioether (sulfide) groups is 1. The van der Waals surface area contributed by atoms with Crippen molar-refractivity contribution in [3.8, 4) is 0 Å². The number of aromatic nitrogens is 2. The van der Waals surface area contributed by atoms with Gasteiger partial charge in [-0.25, -0.2) is 4.98 Å². The van der Waals surface area contributed by atoms with Gasteiger partial charge in [-0.15, -0.1) is 0 Å². The van der Waals surface area contributed by atoms with Gasteiger partial charge in [0.2, 0.25) is 0 Å². The van der Waals surface area contributed by atoms with E-state index in [-0.39, 0.29) is 29.4 Å². The lowest BCUT2D eigenvalue weighted by Crippen LogP contribution is -2.41. The van der Waals surface area contributed by atoms with Crippen molar-refractivity contribution in [2.24, 2.45) is 5.92 Å². The topological polar surface area (TPSA) is 84.2 Å². The van der Waals surface area contributed by atoms with Gasteiger partial charge in [0.15, 0.2) is 0 Å². The number of thiocarbonyl (C=S) groups is 1. The molecule has 0 aromatic carbocycles. The fraction of sp³-hybridized carbons (Fsp3) is 0.519. The summed E-state index contributed by atoms with van der Waals surface area (Å²) in [4.78, 5) is 48.9. The number of hydrogen-bond acceptors (Lipinski definition) is 8. The zero-order valence-electron chi connectivity index (χ0n) is 21.3. The zero-order chi connectivity index (χ0) is 26.1. The minimum atomic E-state index is -0.289. The largest absolute Gasteiger partial charge is 0.466 e. The van der Waals surface area contributed by atoms with Crippen molar-refractivity contribution in [2.45, 2.75) is 64.8 Å². The van der Waals surface area contributed by atoms with Crippen LogP contribution >= 0.6 is 24.0 Å². The molecule has 0 bridgehead atoms. The van der Waals surface area contributed by atoms with Crippen LogP contribution in [0.15, 0.2) is 28.0 Å². The Morgan fingerprint density at radius 1 is 1.22 bits per heavy atom. The van der Waals surface area contributed by atoms with Crippen LogP contribution in [-0.2, 0) is 14.3 Å². The van der Waals surface area contributed by atoms with E-state index >= 15 is 0 Å². The molecule has 2 saturated heterocycles. The first-order valence-corrected chi connectivity index (χ1v) is 14.3. The average Bonchev–Trinajstić information content (AvgIpc) is 3.19. The molecule has 8 nitrogen and oxygen atoms in total. The van der Waals surface area contributed by atoms with Gasteiger partial charge in [-0.2, -0.15) is 0 Å². The Hall–Kier alpha value is -2.72. The van der Waals surface area contributed by atoms with Gasteiger partial charge >= 0.3 is 5.97 Å². The zero-order valence-corrected chi connectivity index (χ0v) is 22.9. The molecule has 0 radical (unpaired) electrons. The second-order valence-corrected chi connectivity index (χ2v) is 11.6. The maximum atomic E-state index is 13.8. The molecule has 37 heavy (non-hydrogen) atoms. The number of amides is 1. The molecule has 1 atom stereocenters. The summed E-state index contributed by atoms with van der Waals surface area (Å²) in [5.41, 5.74) is 1.53. The van der Waals surface area contributed by atoms with Crippen LogP contribution in [0.3, 0.4) is 0 Å². The van der Waals surface area contributed by atoms with Crippen LogP contribution in [0.25, 0.3) is 11.7 Å². The van der Waals surface area contributed by atoms with Crippen molar-refractivity contribution in [1.82, 2.24) is 14.3 Å². The van der Waals surface area contributed by atoms with Gasteiger partial charge in [0, 0.05) is 25.3 Å². The van der Waals surface area contributed by atoms with Crippen molar-refractivity contribution < 1.29 is 14.3 Å². The number of hydrogen-bond donors (Lipinski definition) is 0. The SMILES string of the molecule is CCOC(=O)C1CCCN(c2nc3c(C)cccn3c(=O)c2C=C2SC(=S)N(C3CCCCC3)C2=O)C1. The van der Waals surface area contributed by atoms with E-state index in [2.05, 4.69) is 0 Å². The third kappa shape index (κ3) is 5.05. The first kappa shape index (κ1) is 25.9. The summed E-state index contributed by atoms with van der Waals surface area (Å²) in [6.07, 6.45) is 10.2. The molecule has 3 fully saturated rings. The van der Waals surface area contributed by atoms with Crippen LogP contribution in [0.1, 0.15) is 63.0 Å². The number of carbonyl (C=O) groups is 2. The smallest absolute Gasteiger partial charge is 0.310 e. The molecule has 2 aromatic heterocycles. The van der Waals surface area contributed by atoms with E-state index in [1.807, 2.05) is 24.0 Å². The molecule has 3 aliphatic rings. The lowest BCUT2D eigenvalue weighted by molar-refractivity contribution is -0.148. The van der Waals surface area contributed by atoms with E-state index in [1.54, 1.807) is 24.1 Å². The fourth-order valence-corrected chi connectivity index (χ4v) is 6.94. The first-order chi connectivity index (χ1) is 17.9. The van der Waals surface area contributed by atoms with Crippen LogP contribution in [0.2, 0.25) is 0 Å². The molecule has 196 valence electrons. The summed E-state index contributed by atoms with van der Waals surface area (Å²) in [5, 5.41) is 0. The number of ether oxygens (including phenoxy) is 1. The number of pyridine rings is 1. The van der Waals surface area contributed by atoms with Gasteiger partial charge in [0.05, 0.1) is 23.0 Å². The monoisotopic (exact) mass is 540 g/mol. The summed E-state index contributed by atoms with van der Waals surface area (Å²) in [5.74, 6) is -0.153. The van der Waals surface area contributed by atoms with Crippen molar-refractivity contribution in [1.29, 1.82) is 0 Å². The van der Waals surface area contributed by atoms with E-state index in [4.69, 9.17) is 21.9 Å². The highest BCUT2D eigenvalue weighted by atomic mass is 32.2. The molecule has 1 unspecified atom stereocenters. The highest BCUT2D eigenvalue weighted by molar-refractivity contribution is 8.26. The predicted molar refractivity (Wildman–Crippen MR) is 150 cm³/mol. The lowest BCUT2D eigenvalue weighted by atomic mass is 9.94. The summed E-state index contributed by atoms with van der Waals surface area (Å²) in [6.45, 7) is 5.12. The number of fused-ring (bicyclic) bond motifs is 1. The lowest BCUT2D eigenvalue weighted by Gasteiger charge is -2.33. The summed E-state index contributed by atoms with van der Waals surface area (Å²) in [7, 11) is 0. The van der Waals surface area contributed by atoms with E-state index < -0.39 is 0 Å². The van der Waals surface area contributed by atoms with Crippen molar-refractivity contribution >= 4 is 57.7 Å². The molecular formula is C27H32N4O4S2. The molecule has 2 aliphatic heterocycles. The van der Waals surface area contributed by atoms with E-state index in [9.17, 15) is 14.4 Å². The van der Waals surface area contributed by atoms with E-state index in [1.165, 1.54) is 22.6 Å². The molecule has 0 N–H and O–H groups in total. The molecule has 1 amide bonds. The number of rotatable bonds is 5. The number of anilines is 1. The minimum Gasteiger partial charge on any atom is -0.466 e. The van der Waals surface area contributed by atoms with Crippen LogP contribution < -0.4 is 10.5 Å². The quantitative estimate of drug-likeness (QED) is 0.315. The number of esters is 1. The highest BCUT2D eigenvalue weighted by Gasteiger charge is 2.38. The van der Waals surface area contributed by atoms with Gasteiger partial charge < -0.3 is 9.64 Å². The third-order valence-electron chi connectivity index (χ3n) is 7.44. The maximum absolute atomic E-state index is 13.8. The first-order valence-electron chi connectivity index (χ1n) is 13.1. The minimum absolute atomic E-state index is 0.123. The van der Waals surface area contributed by atoms with Gasteiger partial charge in [0.1, 0.15) is 15.8 Å². The van der Waals surface area contributed by atoms with Crippen LogP contribution in [0.5, 0.6) is 0 Å². The van der Waals surface area contributed by atoms with Crippen molar-refractivity contribution in [3.05, 3.63) is 44.7 Å². The summed E-state index contributed by atoms with van der Waals surface area (Å²) in [6, 6.07) is 3.85. The third-order valence-corrected chi connectivity index (χ3v) is 8.77. The Bertz CT molecular complexity index is 1330. The Kier molecular flexibility index (Phi) is 7.67. The van der Waals surface area contributed by atoms with Crippen LogP contribution in [0.4, 0.5) is 5.82 Å². The standard InChI is InChI=1S/C27H32N4O4S2/c1-3-35-26(34)18-10-8-13-29(16-18)23-20(24(32)30-14-7-9-17(2)22(30)28-23)15-21-25(33)31(27(36)37-21)19-11-5-4-6-12-19/h7,9,14-15,18-19H,3-6,8,10-13,16H2,1-2H3. The number of carbonyl (C=O) groups excluding carboxylic acids is 2. The molecule has 2 aromatic rings. The Morgan fingerprint density at radius 3 is 2.76 bits per heavy atom. The summed E-state index contributed by atoms with van der Waals surface area (Å²) >= 11 is 6.87. The molecule has 10 heteroatoms. The summed E-state index contributed by atoms with van der Waals surface area (Å²) < 4.78 is 7.36. The van der Waals surface area contributed by atoms with Gasteiger partial charge in [-0.3, -0.25) is 23.7 Å². The molecule has 4 heterocycles. The van der Waals surface area contributed by atoms with Crippen molar-refractivity contribution in [3.63, 3.8) is 0 Å². The number of nitrogens with zero attached hydrogens (tertiary/aromatic N) is 4. The maximum Gasteiger partial charge on any atom is 0.310 e. The van der Waals surface area contributed by atoms with Crippen LogP contribution in [-0.4, -0.2) is 56.2 Å². The Balaban J connectivity index is 1.57. The van der Waals surface area contributed by atoms with Crippen molar-refractivity contribution in [2.75, 3.05) is 24.6 Å². The van der Waals surface area contributed by atoms with Gasteiger partial charge in [-0.05, 0) is 57.2 Å². The van der Waals surface area contributed by atoms with Gasteiger partial charge in [-0.1, -0.05) is 49.3 Å².